The van der Waals surface area contributed by atoms with Crippen LogP contribution in [-0.2, 0) is 11.3 Å². The topological polar surface area (TPSA) is 23.3 Å². The number of nitrogens with zero attached hydrogens (tertiary/aromatic N) is 1. The molecule has 14 heavy (non-hydrogen) atoms. The Bertz CT molecular complexity index is 254. The fraction of sp³-hybridized carbons (Fsp3) is 0.500. The zero-order chi connectivity index (χ0) is 9.64. The Morgan fingerprint density at radius 3 is 2.86 bits per heavy atom. The monoisotopic (exact) mass is 190 g/mol. The molecule has 2 nitrogen and oxygen atoms in total. The third kappa shape index (κ3) is 2.82. The summed E-state index contributed by atoms with van der Waals surface area (Å²) < 4.78 is 5.78. The molecule has 0 N–H and O–H groups in total. The first-order valence-electron chi connectivity index (χ1n) is 5.24. The van der Waals surface area contributed by atoms with Crippen molar-refractivity contribution in [3.05, 3.63) is 35.9 Å². The highest BCUT2D eigenvalue weighted by molar-refractivity contribution is 5.13. The molecule has 0 aliphatic carbocycles. The van der Waals surface area contributed by atoms with Crippen molar-refractivity contribution in [3.63, 3.8) is 0 Å². The van der Waals surface area contributed by atoms with Gasteiger partial charge in [-0.1, -0.05) is 30.3 Å². The predicted molar refractivity (Wildman–Crippen MR) is 56.1 cm³/mol. The van der Waals surface area contributed by atoms with Crippen molar-refractivity contribution < 1.29 is 4.74 Å². The van der Waals surface area contributed by atoms with E-state index in [0.717, 1.165) is 26.1 Å². The minimum absolute atomic E-state index is 0.351. The first-order valence-corrected chi connectivity index (χ1v) is 5.24. The van der Waals surface area contributed by atoms with Crippen LogP contribution >= 0.6 is 0 Å². The van der Waals surface area contributed by atoms with E-state index in [0.29, 0.717) is 6.10 Å². The summed E-state index contributed by atoms with van der Waals surface area (Å²) in [6, 6.07) is 10.3. The molecule has 1 heterocycles. The maximum absolute atomic E-state index is 5.78. The van der Waals surface area contributed by atoms with E-state index in [4.69, 9.17) is 4.74 Å². The van der Waals surface area contributed by atoms with Crippen molar-refractivity contribution >= 4 is 0 Å². The molecule has 1 radical (unpaired) electrons. The average molecular weight is 190 g/mol. The lowest BCUT2D eigenvalue weighted by atomic mass is 10.1. The summed E-state index contributed by atoms with van der Waals surface area (Å²) in [6.45, 7) is 2.62. The Kier molecular flexibility index (Phi) is 3.55. The SMILES string of the molecule is c1ccc(COC2CCC[N]C2)cc1. The Balaban J connectivity index is 1.76. The molecular formula is C12H16NO. The average Bonchev–Trinajstić information content (AvgIpc) is 2.29. The van der Waals surface area contributed by atoms with E-state index < -0.39 is 0 Å². The molecule has 1 aromatic rings. The van der Waals surface area contributed by atoms with Crippen LogP contribution in [-0.4, -0.2) is 19.2 Å². The molecule has 2 heteroatoms. The van der Waals surface area contributed by atoms with E-state index in [9.17, 15) is 0 Å². The first-order chi connectivity index (χ1) is 6.95. The predicted octanol–water partition coefficient (Wildman–Crippen LogP) is 1.97. The number of ether oxygens (including phenoxy) is 1. The molecule has 0 aromatic heterocycles. The third-order valence-electron chi connectivity index (χ3n) is 2.50. The van der Waals surface area contributed by atoms with E-state index in [1.807, 2.05) is 18.2 Å². The quantitative estimate of drug-likeness (QED) is 0.714. The maximum Gasteiger partial charge on any atom is 0.0721 e. The molecule has 1 saturated heterocycles. The van der Waals surface area contributed by atoms with Crippen LogP contribution in [0.5, 0.6) is 0 Å². The summed E-state index contributed by atoms with van der Waals surface area (Å²) in [5.41, 5.74) is 1.25. The van der Waals surface area contributed by atoms with Gasteiger partial charge in [0.05, 0.1) is 12.7 Å². The number of rotatable bonds is 3. The molecule has 1 fully saturated rings. The van der Waals surface area contributed by atoms with Gasteiger partial charge in [-0.2, -0.15) is 0 Å². The Labute approximate surface area is 85.3 Å². The minimum atomic E-state index is 0.351. The molecule has 2 rings (SSSR count). The van der Waals surface area contributed by atoms with E-state index >= 15 is 0 Å². The lowest BCUT2D eigenvalue weighted by Gasteiger charge is -2.21. The number of piperidine rings is 1. The highest BCUT2D eigenvalue weighted by Gasteiger charge is 2.13. The van der Waals surface area contributed by atoms with Gasteiger partial charge in [0, 0.05) is 13.1 Å². The van der Waals surface area contributed by atoms with Crippen LogP contribution < -0.4 is 5.32 Å². The van der Waals surface area contributed by atoms with Gasteiger partial charge >= 0.3 is 0 Å². The maximum atomic E-state index is 5.78. The standard InChI is InChI=1S/C12H16NO/c1-2-5-11(6-3-1)10-14-12-7-4-8-13-9-12/h1-3,5-6,12H,4,7-10H2. The summed E-state index contributed by atoms with van der Waals surface area (Å²) in [5, 5.41) is 4.35. The van der Waals surface area contributed by atoms with Crippen LogP contribution in [0.25, 0.3) is 0 Å². The molecule has 0 saturated carbocycles. The van der Waals surface area contributed by atoms with Crippen molar-refractivity contribution in [3.8, 4) is 0 Å². The Morgan fingerprint density at radius 1 is 1.29 bits per heavy atom. The largest absolute Gasteiger partial charge is 0.372 e. The number of hydrogen-bond donors (Lipinski definition) is 0. The van der Waals surface area contributed by atoms with E-state index in [1.165, 1.54) is 12.0 Å². The minimum Gasteiger partial charge on any atom is -0.372 e. The van der Waals surface area contributed by atoms with Gasteiger partial charge in [-0.05, 0) is 18.4 Å². The van der Waals surface area contributed by atoms with Gasteiger partial charge in [0.1, 0.15) is 0 Å². The molecule has 1 aliphatic heterocycles. The number of hydrogen-bond acceptors (Lipinski definition) is 1. The molecule has 0 spiro atoms. The second-order valence-corrected chi connectivity index (χ2v) is 3.69. The fourth-order valence-electron chi connectivity index (χ4n) is 1.68. The lowest BCUT2D eigenvalue weighted by Crippen LogP contribution is -2.30. The molecule has 0 bridgehead atoms. The summed E-state index contributed by atoms with van der Waals surface area (Å²) in [7, 11) is 0. The summed E-state index contributed by atoms with van der Waals surface area (Å²) >= 11 is 0. The van der Waals surface area contributed by atoms with Gasteiger partial charge in [0.15, 0.2) is 0 Å². The molecular weight excluding hydrogens is 174 g/mol. The summed E-state index contributed by atoms with van der Waals surface area (Å²) in [5.74, 6) is 0. The normalized spacial score (nSPS) is 22.1. The summed E-state index contributed by atoms with van der Waals surface area (Å²) in [4.78, 5) is 0. The van der Waals surface area contributed by atoms with Gasteiger partial charge < -0.3 is 4.74 Å². The van der Waals surface area contributed by atoms with Crippen LogP contribution in [0.15, 0.2) is 30.3 Å². The van der Waals surface area contributed by atoms with Crippen molar-refractivity contribution in [2.75, 3.05) is 13.1 Å². The summed E-state index contributed by atoms with van der Waals surface area (Å²) in [6.07, 6.45) is 2.69. The van der Waals surface area contributed by atoms with Gasteiger partial charge in [0.25, 0.3) is 0 Å². The van der Waals surface area contributed by atoms with Crippen molar-refractivity contribution in [2.24, 2.45) is 0 Å². The molecule has 1 atom stereocenters. The Morgan fingerprint density at radius 2 is 2.14 bits per heavy atom. The van der Waals surface area contributed by atoms with Crippen LogP contribution in [0, 0.1) is 0 Å². The molecule has 1 aromatic carbocycles. The third-order valence-corrected chi connectivity index (χ3v) is 2.50. The number of benzene rings is 1. The second-order valence-electron chi connectivity index (χ2n) is 3.69. The van der Waals surface area contributed by atoms with Gasteiger partial charge in [0.2, 0.25) is 0 Å². The highest BCUT2D eigenvalue weighted by Crippen LogP contribution is 2.10. The smallest absolute Gasteiger partial charge is 0.0721 e. The van der Waals surface area contributed by atoms with E-state index in [1.54, 1.807) is 0 Å². The molecule has 0 amide bonds. The van der Waals surface area contributed by atoms with Gasteiger partial charge in [-0.3, -0.25) is 0 Å². The molecule has 1 unspecified atom stereocenters. The molecule has 1 aliphatic rings. The highest BCUT2D eigenvalue weighted by atomic mass is 16.5. The van der Waals surface area contributed by atoms with Crippen molar-refractivity contribution in [1.29, 1.82) is 0 Å². The zero-order valence-electron chi connectivity index (χ0n) is 8.36. The van der Waals surface area contributed by atoms with Crippen LogP contribution in [0.2, 0.25) is 0 Å². The van der Waals surface area contributed by atoms with Crippen LogP contribution in [0.4, 0.5) is 0 Å². The van der Waals surface area contributed by atoms with Gasteiger partial charge in [-0.25, -0.2) is 5.32 Å². The van der Waals surface area contributed by atoms with Crippen LogP contribution in [0.3, 0.4) is 0 Å². The molecule has 75 valence electrons. The van der Waals surface area contributed by atoms with E-state index in [2.05, 4.69) is 17.4 Å². The van der Waals surface area contributed by atoms with Gasteiger partial charge in [-0.15, -0.1) is 0 Å². The zero-order valence-corrected chi connectivity index (χ0v) is 8.36. The second kappa shape index (κ2) is 5.13. The Hall–Kier alpha value is -0.860. The van der Waals surface area contributed by atoms with Crippen LogP contribution in [0.1, 0.15) is 18.4 Å². The van der Waals surface area contributed by atoms with E-state index in [-0.39, 0.29) is 0 Å². The van der Waals surface area contributed by atoms with Crippen molar-refractivity contribution in [2.45, 2.75) is 25.6 Å². The lowest BCUT2D eigenvalue weighted by molar-refractivity contribution is 0.0244. The fourth-order valence-corrected chi connectivity index (χ4v) is 1.68. The first kappa shape index (κ1) is 9.69. The van der Waals surface area contributed by atoms with Crippen molar-refractivity contribution in [1.82, 2.24) is 5.32 Å².